The molecule has 0 radical (unpaired) electrons. The van der Waals surface area contributed by atoms with E-state index in [2.05, 4.69) is 22.9 Å². The van der Waals surface area contributed by atoms with Crippen molar-refractivity contribution in [1.29, 1.82) is 0 Å². The summed E-state index contributed by atoms with van der Waals surface area (Å²) in [6, 6.07) is 7.89. The molecule has 0 heterocycles. The van der Waals surface area contributed by atoms with Gasteiger partial charge in [0, 0.05) is 4.47 Å². The van der Waals surface area contributed by atoms with Gasteiger partial charge in [-0.1, -0.05) is 35.0 Å². The Kier molecular flexibility index (Phi) is 2.59. The highest BCUT2D eigenvalue weighted by Gasteiger charge is 2.48. The summed E-state index contributed by atoms with van der Waals surface area (Å²) in [6.45, 7) is 2.15. The van der Waals surface area contributed by atoms with Crippen LogP contribution < -0.4 is 5.73 Å². The molecule has 0 saturated heterocycles. The Morgan fingerprint density at radius 3 is 2.67 bits per heavy atom. The van der Waals surface area contributed by atoms with E-state index >= 15 is 0 Å². The fraction of sp³-hybridized carbons (Fsp3) is 0.417. The minimum absolute atomic E-state index is 0.196. The summed E-state index contributed by atoms with van der Waals surface area (Å²) < 4.78 is 1.00. The molecule has 1 aromatic carbocycles. The fourth-order valence-corrected chi connectivity index (χ4v) is 2.89. The van der Waals surface area contributed by atoms with Crippen LogP contribution in [0.2, 0.25) is 0 Å². The zero-order valence-corrected chi connectivity index (χ0v) is 10.3. The molecule has 1 aliphatic carbocycles. The number of benzene rings is 1. The first-order valence-corrected chi connectivity index (χ1v) is 5.90. The standard InChI is InChI=1S/C12H14BrNO/c1-8-6-12(7-8,11(14)15)9-3-2-4-10(13)5-9/h2-5,8H,6-7H2,1H3,(H2,14,15)/t8-,12-. The molecule has 0 unspecified atom stereocenters. The van der Waals surface area contributed by atoms with Crippen molar-refractivity contribution in [1.82, 2.24) is 0 Å². The molecule has 2 nitrogen and oxygen atoms in total. The number of nitrogens with two attached hydrogens (primary N) is 1. The van der Waals surface area contributed by atoms with Gasteiger partial charge in [-0.2, -0.15) is 0 Å². The van der Waals surface area contributed by atoms with Crippen molar-refractivity contribution in [2.24, 2.45) is 11.7 Å². The van der Waals surface area contributed by atoms with Gasteiger partial charge >= 0.3 is 0 Å². The van der Waals surface area contributed by atoms with Crippen molar-refractivity contribution in [2.75, 3.05) is 0 Å². The average Bonchev–Trinajstić information content (AvgIpc) is 2.12. The van der Waals surface area contributed by atoms with Crippen LogP contribution in [0.15, 0.2) is 28.7 Å². The lowest BCUT2D eigenvalue weighted by atomic mass is 9.59. The van der Waals surface area contributed by atoms with Crippen molar-refractivity contribution in [3.63, 3.8) is 0 Å². The molecule has 1 saturated carbocycles. The Hall–Kier alpha value is -0.830. The number of hydrogen-bond donors (Lipinski definition) is 1. The van der Waals surface area contributed by atoms with Crippen LogP contribution >= 0.6 is 15.9 Å². The molecule has 0 aliphatic heterocycles. The van der Waals surface area contributed by atoms with Gasteiger partial charge in [-0.3, -0.25) is 4.79 Å². The topological polar surface area (TPSA) is 43.1 Å². The van der Waals surface area contributed by atoms with E-state index in [-0.39, 0.29) is 5.91 Å². The maximum atomic E-state index is 11.6. The molecule has 0 atom stereocenters. The molecule has 0 bridgehead atoms. The van der Waals surface area contributed by atoms with E-state index in [0.717, 1.165) is 22.9 Å². The molecular formula is C12H14BrNO. The third-order valence-electron chi connectivity index (χ3n) is 3.24. The first-order chi connectivity index (χ1) is 7.04. The Bertz CT molecular complexity index is 396. The lowest BCUT2D eigenvalue weighted by Gasteiger charge is -2.44. The third kappa shape index (κ3) is 1.69. The highest BCUT2D eigenvalue weighted by Crippen LogP contribution is 2.47. The zero-order chi connectivity index (χ0) is 11.1. The van der Waals surface area contributed by atoms with Gasteiger partial charge in [-0.25, -0.2) is 0 Å². The molecule has 3 heteroatoms. The molecule has 1 aromatic rings. The lowest BCUT2D eigenvalue weighted by molar-refractivity contribution is -0.128. The smallest absolute Gasteiger partial charge is 0.228 e. The van der Waals surface area contributed by atoms with Crippen molar-refractivity contribution in [3.8, 4) is 0 Å². The Morgan fingerprint density at radius 2 is 2.20 bits per heavy atom. The molecule has 2 rings (SSSR count). The second-order valence-corrected chi connectivity index (χ2v) is 5.39. The average molecular weight is 268 g/mol. The third-order valence-corrected chi connectivity index (χ3v) is 3.74. The van der Waals surface area contributed by atoms with Gasteiger partial charge in [0.25, 0.3) is 0 Å². The first-order valence-electron chi connectivity index (χ1n) is 5.10. The van der Waals surface area contributed by atoms with Crippen molar-refractivity contribution >= 4 is 21.8 Å². The number of primary amides is 1. The van der Waals surface area contributed by atoms with E-state index < -0.39 is 5.41 Å². The van der Waals surface area contributed by atoms with Crippen molar-refractivity contribution in [2.45, 2.75) is 25.2 Å². The molecule has 1 aliphatic rings. The molecule has 0 aromatic heterocycles. The van der Waals surface area contributed by atoms with Crippen LogP contribution in [0.3, 0.4) is 0 Å². The van der Waals surface area contributed by atoms with Crippen molar-refractivity contribution in [3.05, 3.63) is 34.3 Å². The highest BCUT2D eigenvalue weighted by molar-refractivity contribution is 9.10. The van der Waals surface area contributed by atoms with E-state index in [0.29, 0.717) is 5.92 Å². The number of hydrogen-bond acceptors (Lipinski definition) is 1. The van der Waals surface area contributed by atoms with Gasteiger partial charge in [-0.05, 0) is 36.5 Å². The number of carbonyl (C=O) groups is 1. The van der Waals surface area contributed by atoms with Crippen LogP contribution in [0.1, 0.15) is 25.3 Å². The second-order valence-electron chi connectivity index (χ2n) is 4.47. The molecule has 15 heavy (non-hydrogen) atoms. The summed E-state index contributed by atoms with van der Waals surface area (Å²) in [5, 5.41) is 0. The number of amides is 1. The van der Waals surface area contributed by atoms with Crippen LogP contribution in [-0.4, -0.2) is 5.91 Å². The van der Waals surface area contributed by atoms with Gasteiger partial charge < -0.3 is 5.73 Å². The largest absolute Gasteiger partial charge is 0.369 e. The molecule has 1 fully saturated rings. The predicted octanol–water partition coefficient (Wildman–Crippen LogP) is 2.60. The summed E-state index contributed by atoms with van der Waals surface area (Å²) >= 11 is 3.42. The SMILES string of the molecule is C[C@H]1C[C@@](C(N)=O)(c2cccc(Br)c2)C1. The monoisotopic (exact) mass is 267 g/mol. The van der Waals surface area contributed by atoms with Crippen LogP contribution in [0.5, 0.6) is 0 Å². The van der Waals surface area contributed by atoms with Gasteiger partial charge in [-0.15, -0.1) is 0 Å². The molecule has 80 valence electrons. The van der Waals surface area contributed by atoms with E-state index in [9.17, 15) is 4.79 Å². The quantitative estimate of drug-likeness (QED) is 0.880. The summed E-state index contributed by atoms with van der Waals surface area (Å²) in [7, 11) is 0. The van der Waals surface area contributed by atoms with Crippen LogP contribution in [-0.2, 0) is 10.2 Å². The van der Waals surface area contributed by atoms with E-state index in [1.807, 2.05) is 24.3 Å². The Morgan fingerprint density at radius 1 is 1.53 bits per heavy atom. The molecule has 1 amide bonds. The molecule has 0 spiro atoms. The van der Waals surface area contributed by atoms with E-state index in [4.69, 9.17) is 5.73 Å². The summed E-state index contributed by atoms with van der Waals surface area (Å²) in [4.78, 5) is 11.6. The molecular weight excluding hydrogens is 254 g/mol. The van der Waals surface area contributed by atoms with Crippen LogP contribution in [0.4, 0.5) is 0 Å². The second kappa shape index (κ2) is 3.63. The minimum atomic E-state index is -0.413. The maximum Gasteiger partial charge on any atom is 0.228 e. The van der Waals surface area contributed by atoms with E-state index in [1.54, 1.807) is 0 Å². The number of rotatable bonds is 2. The van der Waals surface area contributed by atoms with Gasteiger partial charge in [0.15, 0.2) is 0 Å². The lowest BCUT2D eigenvalue weighted by Crippen LogP contribution is -2.50. The van der Waals surface area contributed by atoms with E-state index in [1.165, 1.54) is 0 Å². The summed E-state index contributed by atoms with van der Waals surface area (Å²) in [5.41, 5.74) is 6.15. The predicted molar refractivity (Wildman–Crippen MR) is 63.4 cm³/mol. The van der Waals surface area contributed by atoms with Gasteiger partial charge in [0.05, 0.1) is 5.41 Å². The molecule has 2 N–H and O–H groups in total. The number of halogens is 1. The maximum absolute atomic E-state index is 11.6. The van der Waals surface area contributed by atoms with Crippen LogP contribution in [0, 0.1) is 5.92 Å². The number of carbonyl (C=O) groups excluding carboxylic acids is 1. The summed E-state index contributed by atoms with van der Waals surface area (Å²) in [5.74, 6) is 0.398. The highest BCUT2D eigenvalue weighted by atomic mass is 79.9. The normalized spacial score (nSPS) is 29.6. The van der Waals surface area contributed by atoms with Gasteiger partial charge in [0.1, 0.15) is 0 Å². The fourth-order valence-electron chi connectivity index (χ4n) is 2.50. The minimum Gasteiger partial charge on any atom is -0.369 e. The first kappa shape index (κ1) is 10.7. The summed E-state index contributed by atoms with van der Waals surface area (Å²) in [6.07, 6.45) is 1.75. The van der Waals surface area contributed by atoms with Crippen LogP contribution in [0.25, 0.3) is 0 Å². The Balaban J connectivity index is 2.39. The zero-order valence-electron chi connectivity index (χ0n) is 8.66. The van der Waals surface area contributed by atoms with Gasteiger partial charge in [0.2, 0.25) is 5.91 Å². The Labute approximate surface area is 98.0 Å². The van der Waals surface area contributed by atoms with Crippen molar-refractivity contribution < 1.29 is 4.79 Å².